The number of amides is 1. The number of nitrogens with zero attached hydrogens (tertiary/aromatic N) is 4. The fraction of sp³-hybridized carbons (Fsp3) is 0.364. The van der Waals surface area contributed by atoms with Crippen LogP contribution in [0.15, 0.2) is 35.4 Å². The average Bonchev–Trinajstić information content (AvgIpc) is 3.34. The molecule has 1 aliphatic carbocycles. The molecule has 1 aromatic carbocycles. The first kappa shape index (κ1) is 19.3. The second kappa shape index (κ2) is 7.57. The van der Waals surface area contributed by atoms with Gasteiger partial charge in [-0.2, -0.15) is 5.10 Å². The van der Waals surface area contributed by atoms with E-state index >= 15 is 0 Å². The van der Waals surface area contributed by atoms with Crippen LogP contribution in [0.25, 0.3) is 11.4 Å². The van der Waals surface area contributed by atoms with E-state index in [4.69, 9.17) is 4.74 Å². The summed E-state index contributed by atoms with van der Waals surface area (Å²) in [5.41, 5.74) is 3.38. The van der Waals surface area contributed by atoms with Gasteiger partial charge >= 0.3 is 0 Å². The Hall–Kier alpha value is -3.62. The van der Waals surface area contributed by atoms with Crippen molar-refractivity contribution in [2.45, 2.75) is 32.2 Å². The lowest BCUT2D eigenvalue weighted by atomic mass is 10.1. The maximum absolute atomic E-state index is 12.9. The Morgan fingerprint density at radius 1 is 1.23 bits per heavy atom. The fourth-order valence-corrected chi connectivity index (χ4v) is 4.03. The lowest BCUT2D eigenvalue weighted by Crippen LogP contribution is -2.27. The molecule has 1 saturated carbocycles. The zero-order chi connectivity index (χ0) is 21.5. The Balaban J connectivity index is 1.55. The molecule has 0 saturated heterocycles. The Labute approximate surface area is 179 Å². The summed E-state index contributed by atoms with van der Waals surface area (Å²) in [5.74, 6) is 1.12. The SMILES string of the molecule is COc1c(Nc2cc(NC(=O)C3CC3)c(=O)n3c2CCC3)cccc1-c1ncn(C)n1. The van der Waals surface area contributed by atoms with E-state index in [9.17, 15) is 9.59 Å². The third-order valence-corrected chi connectivity index (χ3v) is 5.73. The van der Waals surface area contributed by atoms with Crippen molar-refractivity contribution in [2.24, 2.45) is 13.0 Å². The van der Waals surface area contributed by atoms with Gasteiger partial charge < -0.3 is 19.9 Å². The average molecular weight is 420 g/mol. The van der Waals surface area contributed by atoms with Gasteiger partial charge in [0.1, 0.15) is 12.0 Å². The van der Waals surface area contributed by atoms with E-state index in [1.807, 2.05) is 25.2 Å². The van der Waals surface area contributed by atoms with Crippen molar-refractivity contribution < 1.29 is 9.53 Å². The second-order valence-corrected chi connectivity index (χ2v) is 8.00. The zero-order valence-corrected chi connectivity index (χ0v) is 17.5. The van der Waals surface area contributed by atoms with Crippen molar-refractivity contribution in [1.29, 1.82) is 0 Å². The molecule has 3 heterocycles. The number of anilines is 3. The van der Waals surface area contributed by atoms with Crippen LogP contribution in [0.3, 0.4) is 0 Å². The summed E-state index contributed by atoms with van der Waals surface area (Å²) in [7, 11) is 3.42. The molecule has 9 nitrogen and oxygen atoms in total. The largest absolute Gasteiger partial charge is 0.494 e. The molecule has 160 valence electrons. The van der Waals surface area contributed by atoms with Crippen molar-refractivity contribution in [3.05, 3.63) is 46.6 Å². The van der Waals surface area contributed by atoms with Gasteiger partial charge in [-0.1, -0.05) is 6.07 Å². The highest BCUT2D eigenvalue weighted by Crippen LogP contribution is 2.38. The first-order valence-corrected chi connectivity index (χ1v) is 10.4. The molecule has 2 aliphatic rings. The molecule has 0 bridgehead atoms. The van der Waals surface area contributed by atoms with Crippen molar-refractivity contribution >= 4 is 23.0 Å². The number of hydrogen-bond acceptors (Lipinski definition) is 6. The second-order valence-electron chi connectivity index (χ2n) is 8.00. The molecular formula is C22H24N6O3. The minimum absolute atomic E-state index is 0.0247. The van der Waals surface area contributed by atoms with Gasteiger partial charge in [0.25, 0.3) is 5.56 Å². The van der Waals surface area contributed by atoms with Gasteiger partial charge in [0, 0.05) is 25.2 Å². The lowest BCUT2D eigenvalue weighted by molar-refractivity contribution is -0.117. The molecule has 1 amide bonds. The van der Waals surface area contributed by atoms with Crippen LogP contribution < -0.4 is 20.9 Å². The molecule has 0 atom stereocenters. The smallest absolute Gasteiger partial charge is 0.274 e. The standard InChI is InChI=1S/C22H24N6O3/c1-27-12-23-20(26-27)14-5-3-6-15(19(14)31-2)24-16-11-17(25-21(29)13-8-9-13)22(30)28-10-4-7-18(16)28/h3,5-6,11-13,24H,4,7-10H2,1-2H3,(H,25,29). The van der Waals surface area contributed by atoms with E-state index in [-0.39, 0.29) is 17.4 Å². The molecule has 0 spiro atoms. The molecule has 0 radical (unpaired) electrons. The lowest BCUT2D eigenvalue weighted by Gasteiger charge is -2.18. The zero-order valence-electron chi connectivity index (χ0n) is 17.5. The molecular weight excluding hydrogens is 396 g/mol. The molecule has 31 heavy (non-hydrogen) atoms. The molecule has 2 aromatic heterocycles. The first-order chi connectivity index (χ1) is 15.0. The quantitative estimate of drug-likeness (QED) is 0.636. The van der Waals surface area contributed by atoms with Crippen molar-refractivity contribution in [2.75, 3.05) is 17.7 Å². The van der Waals surface area contributed by atoms with Gasteiger partial charge in [-0.15, -0.1) is 0 Å². The topological polar surface area (TPSA) is 103 Å². The van der Waals surface area contributed by atoms with Crippen LogP contribution in [0.4, 0.5) is 17.1 Å². The third kappa shape index (κ3) is 3.56. The van der Waals surface area contributed by atoms with Crippen LogP contribution in [0.2, 0.25) is 0 Å². The number of aryl methyl sites for hydroxylation is 1. The number of aromatic nitrogens is 4. The minimum atomic E-state index is -0.148. The summed E-state index contributed by atoms with van der Waals surface area (Å²) >= 11 is 0. The van der Waals surface area contributed by atoms with Gasteiger partial charge in [0.15, 0.2) is 11.6 Å². The van der Waals surface area contributed by atoms with Crippen LogP contribution in [-0.2, 0) is 24.8 Å². The predicted molar refractivity (Wildman–Crippen MR) is 117 cm³/mol. The maximum Gasteiger partial charge on any atom is 0.274 e. The first-order valence-electron chi connectivity index (χ1n) is 10.4. The number of hydrogen-bond donors (Lipinski definition) is 2. The number of carbonyl (C=O) groups is 1. The summed E-state index contributed by atoms with van der Waals surface area (Å²) in [5, 5.41) is 10.6. The summed E-state index contributed by atoms with van der Waals surface area (Å²) in [6, 6.07) is 7.46. The monoisotopic (exact) mass is 420 g/mol. The number of carbonyl (C=O) groups excluding carboxylic acids is 1. The molecule has 5 rings (SSSR count). The van der Waals surface area contributed by atoms with Crippen LogP contribution in [0.1, 0.15) is 25.0 Å². The van der Waals surface area contributed by atoms with Gasteiger partial charge in [-0.3, -0.25) is 14.3 Å². The number of fused-ring (bicyclic) bond motifs is 1. The van der Waals surface area contributed by atoms with Gasteiger partial charge in [0.05, 0.1) is 24.0 Å². The van der Waals surface area contributed by atoms with E-state index in [0.29, 0.717) is 23.8 Å². The van der Waals surface area contributed by atoms with Crippen LogP contribution in [0, 0.1) is 5.92 Å². The third-order valence-electron chi connectivity index (χ3n) is 5.73. The molecule has 0 unspecified atom stereocenters. The van der Waals surface area contributed by atoms with Gasteiger partial charge in [-0.05, 0) is 43.9 Å². The van der Waals surface area contributed by atoms with Crippen LogP contribution in [0.5, 0.6) is 5.75 Å². The van der Waals surface area contributed by atoms with Gasteiger partial charge in [-0.25, -0.2) is 4.98 Å². The van der Waals surface area contributed by atoms with E-state index in [0.717, 1.165) is 48.3 Å². The molecule has 1 aliphatic heterocycles. The van der Waals surface area contributed by atoms with E-state index in [2.05, 4.69) is 20.7 Å². The Bertz CT molecular complexity index is 1220. The van der Waals surface area contributed by atoms with Gasteiger partial charge in [0.2, 0.25) is 5.91 Å². The van der Waals surface area contributed by atoms with E-state index in [1.165, 1.54) is 0 Å². The highest BCUT2D eigenvalue weighted by Gasteiger charge is 2.31. The van der Waals surface area contributed by atoms with Crippen LogP contribution in [-0.4, -0.2) is 32.3 Å². The predicted octanol–water partition coefficient (Wildman–Crippen LogP) is 2.69. The number of nitrogens with one attached hydrogen (secondary N) is 2. The van der Waals surface area contributed by atoms with Crippen molar-refractivity contribution in [1.82, 2.24) is 19.3 Å². The number of ether oxygens (including phenoxy) is 1. The van der Waals surface area contributed by atoms with Crippen molar-refractivity contribution in [3.63, 3.8) is 0 Å². The molecule has 2 N–H and O–H groups in total. The Morgan fingerprint density at radius 3 is 2.77 bits per heavy atom. The Morgan fingerprint density at radius 2 is 2.06 bits per heavy atom. The van der Waals surface area contributed by atoms with Crippen molar-refractivity contribution in [3.8, 4) is 17.1 Å². The molecule has 1 fully saturated rings. The number of pyridine rings is 1. The molecule has 9 heteroatoms. The fourth-order valence-electron chi connectivity index (χ4n) is 4.03. The molecule has 3 aromatic rings. The number of para-hydroxylation sites is 1. The number of methoxy groups -OCH3 is 1. The summed E-state index contributed by atoms with van der Waals surface area (Å²) in [4.78, 5) is 29.5. The van der Waals surface area contributed by atoms with Crippen LogP contribution >= 0.6 is 0 Å². The normalized spacial score (nSPS) is 14.9. The summed E-state index contributed by atoms with van der Waals surface area (Å²) in [6.07, 6.45) is 5.08. The minimum Gasteiger partial charge on any atom is -0.494 e. The highest BCUT2D eigenvalue weighted by molar-refractivity contribution is 5.94. The summed E-state index contributed by atoms with van der Waals surface area (Å²) < 4.78 is 9.09. The number of benzene rings is 1. The maximum atomic E-state index is 12.9. The number of rotatable bonds is 6. The Kier molecular flexibility index (Phi) is 4.72. The highest BCUT2D eigenvalue weighted by atomic mass is 16.5. The van der Waals surface area contributed by atoms with E-state index < -0.39 is 0 Å². The summed E-state index contributed by atoms with van der Waals surface area (Å²) in [6.45, 7) is 0.644. The van der Waals surface area contributed by atoms with E-state index in [1.54, 1.807) is 28.8 Å².